The molecule has 20 heavy (non-hydrogen) atoms. The monoisotopic (exact) mass is 272 g/mol. The molecule has 0 aromatic carbocycles. The van der Waals surface area contributed by atoms with E-state index in [1.807, 2.05) is 6.08 Å². The molecule has 0 radical (unpaired) electrons. The second kappa shape index (κ2) is 4.71. The summed E-state index contributed by atoms with van der Waals surface area (Å²) in [4.78, 5) is 11.7. The quantitative estimate of drug-likeness (QED) is 0.663. The summed E-state index contributed by atoms with van der Waals surface area (Å²) >= 11 is 0. The number of rotatable bonds is 1. The molecule has 1 heteroatoms. The smallest absolute Gasteiger partial charge is 0.155 e. The first-order valence-corrected chi connectivity index (χ1v) is 8.97. The third-order valence-electron chi connectivity index (χ3n) is 7.53. The molecule has 5 atom stereocenters. The van der Waals surface area contributed by atoms with Crippen molar-refractivity contribution in [3.63, 3.8) is 0 Å². The summed E-state index contributed by atoms with van der Waals surface area (Å²) < 4.78 is 0. The summed E-state index contributed by atoms with van der Waals surface area (Å²) in [7, 11) is 0. The van der Waals surface area contributed by atoms with Crippen LogP contribution in [0.25, 0.3) is 0 Å². The average Bonchev–Trinajstić information content (AvgIpc) is 2.91. The maximum absolute atomic E-state index is 11.7. The van der Waals surface area contributed by atoms with E-state index in [2.05, 4.69) is 6.92 Å². The number of ketones is 1. The van der Waals surface area contributed by atoms with Gasteiger partial charge in [-0.2, -0.15) is 0 Å². The molecule has 4 aliphatic rings. The molecule has 0 N–H and O–H groups in total. The summed E-state index contributed by atoms with van der Waals surface area (Å²) in [6.07, 6.45) is 15.4. The number of carbonyl (C=O) groups is 1. The van der Waals surface area contributed by atoms with Gasteiger partial charge >= 0.3 is 0 Å². The van der Waals surface area contributed by atoms with Crippen LogP contribution in [-0.2, 0) is 4.79 Å². The highest BCUT2D eigenvalue weighted by Crippen LogP contribution is 2.62. The Hall–Kier alpha value is -0.590. The maximum atomic E-state index is 11.7. The Balaban J connectivity index is 1.63. The van der Waals surface area contributed by atoms with Crippen molar-refractivity contribution in [2.75, 3.05) is 0 Å². The van der Waals surface area contributed by atoms with E-state index in [0.29, 0.717) is 11.2 Å². The molecule has 0 aliphatic heterocycles. The van der Waals surface area contributed by atoms with Gasteiger partial charge in [-0.1, -0.05) is 25.3 Å². The van der Waals surface area contributed by atoms with Crippen LogP contribution in [0.5, 0.6) is 0 Å². The normalized spacial score (nSPS) is 47.2. The average molecular weight is 272 g/mol. The Morgan fingerprint density at radius 3 is 2.85 bits per heavy atom. The number of carbonyl (C=O) groups excluding carboxylic acids is 1. The largest absolute Gasteiger partial charge is 0.295 e. The van der Waals surface area contributed by atoms with Gasteiger partial charge in [0.2, 0.25) is 0 Å². The van der Waals surface area contributed by atoms with Gasteiger partial charge in [-0.05, 0) is 80.1 Å². The van der Waals surface area contributed by atoms with Crippen molar-refractivity contribution >= 4 is 5.78 Å². The molecule has 0 aromatic rings. The highest BCUT2D eigenvalue weighted by atomic mass is 16.1. The minimum atomic E-state index is 0.397. The van der Waals surface area contributed by atoms with Crippen molar-refractivity contribution in [1.29, 1.82) is 0 Å². The highest BCUT2D eigenvalue weighted by Gasteiger charge is 2.53. The minimum absolute atomic E-state index is 0.397. The molecule has 110 valence electrons. The van der Waals surface area contributed by atoms with Crippen LogP contribution < -0.4 is 0 Å². The molecule has 0 unspecified atom stereocenters. The van der Waals surface area contributed by atoms with Gasteiger partial charge in [-0.25, -0.2) is 0 Å². The van der Waals surface area contributed by atoms with Crippen LogP contribution in [0.3, 0.4) is 0 Å². The molecule has 3 saturated carbocycles. The van der Waals surface area contributed by atoms with Gasteiger partial charge in [-0.3, -0.25) is 4.79 Å². The van der Waals surface area contributed by atoms with E-state index in [4.69, 9.17) is 0 Å². The van der Waals surface area contributed by atoms with Gasteiger partial charge in [0.15, 0.2) is 5.78 Å². The number of hydrogen-bond donors (Lipinski definition) is 0. The van der Waals surface area contributed by atoms with Gasteiger partial charge in [0.05, 0.1) is 0 Å². The Morgan fingerprint density at radius 1 is 1.10 bits per heavy atom. The Kier molecular flexibility index (Phi) is 3.09. The van der Waals surface area contributed by atoms with Crippen molar-refractivity contribution in [3.05, 3.63) is 11.6 Å². The molecule has 1 nitrogen and oxygen atoms in total. The van der Waals surface area contributed by atoms with Gasteiger partial charge in [-0.15, -0.1) is 0 Å². The SMILES string of the molecule is CC[C@@]12CCC[C@H]1[C@@H]1CCC3=CC(=O)CC[C@@H]3[C@H]1CC2. The van der Waals surface area contributed by atoms with Crippen LogP contribution in [0.4, 0.5) is 0 Å². The predicted octanol–water partition coefficient (Wildman–Crippen LogP) is 4.91. The zero-order valence-corrected chi connectivity index (χ0v) is 12.9. The Morgan fingerprint density at radius 2 is 2.00 bits per heavy atom. The fraction of sp³-hybridized carbons (Fsp3) is 0.842. The molecule has 0 heterocycles. The van der Waals surface area contributed by atoms with Crippen LogP contribution in [0, 0.1) is 29.1 Å². The summed E-state index contributed by atoms with van der Waals surface area (Å²) in [6.45, 7) is 2.44. The summed E-state index contributed by atoms with van der Waals surface area (Å²) in [5, 5.41) is 0. The van der Waals surface area contributed by atoms with Crippen molar-refractivity contribution < 1.29 is 4.79 Å². The first-order chi connectivity index (χ1) is 9.73. The fourth-order valence-electron chi connectivity index (χ4n) is 6.59. The van der Waals surface area contributed by atoms with Crippen molar-refractivity contribution in [2.24, 2.45) is 29.1 Å². The van der Waals surface area contributed by atoms with E-state index in [9.17, 15) is 4.79 Å². The summed E-state index contributed by atoms with van der Waals surface area (Å²) in [5.74, 6) is 4.11. The second-order valence-corrected chi connectivity index (χ2v) is 7.95. The topological polar surface area (TPSA) is 17.1 Å². The van der Waals surface area contributed by atoms with E-state index >= 15 is 0 Å². The Labute approximate surface area is 123 Å². The standard InChI is InChI=1S/C19H28O/c1-2-19-10-3-4-18(19)17-7-5-13-12-14(20)6-8-15(13)16(17)9-11-19/h12,15-18H,2-11H2,1H3/t15-,16+,17+,18-,19-/m0/s1. The van der Waals surface area contributed by atoms with E-state index in [-0.39, 0.29) is 0 Å². The van der Waals surface area contributed by atoms with E-state index in [1.54, 1.807) is 0 Å². The molecule has 4 rings (SSSR count). The van der Waals surface area contributed by atoms with Crippen LogP contribution >= 0.6 is 0 Å². The van der Waals surface area contributed by atoms with Crippen molar-refractivity contribution in [1.82, 2.24) is 0 Å². The lowest BCUT2D eigenvalue weighted by atomic mass is 9.51. The molecular weight excluding hydrogens is 244 g/mol. The first-order valence-electron chi connectivity index (χ1n) is 8.97. The predicted molar refractivity (Wildman–Crippen MR) is 81.3 cm³/mol. The van der Waals surface area contributed by atoms with Crippen LogP contribution in [-0.4, -0.2) is 5.78 Å². The fourth-order valence-corrected chi connectivity index (χ4v) is 6.59. The lowest BCUT2D eigenvalue weighted by Crippen LogP contribution is -2.45. The van der Waals surface area contributed by atoms with Crippen LogP contribution in [0.15, 0.2) is 11.6 Å². The number of allylic oxidation sites excluding steroid dienone is 1. The van der Waals surface area contributed by atoms with Gasteiger partial charge in [0.1, 0.15) is 0 Å². The molecular formula is C19H28O. The number of fused-ring (bicyclic) bond motifs is 5. The molecule has 0 bridgehead atoms. The molecule has 0 amide bonds. The van der Waals surface area contributed by atoms with Crippen LogP contribution in [0.2, 0.25) is 0 Å². The molecule has 3 fully saturated rings. The van der Waals surface area contributed by atoms with Crippen molar-refractivity contribution in [2.45, 2.75) is 71.1 Å². The van der Waals surface area contributed by atoms with Gasteiger partial charge < -0.3 is 0 Å². The third kappa shape index (κ3) is 1.77. The molecule has 0 spiro atoms. The summed E-state index contributed by atoms with van der Waals surface area (Å²) in [6, 6.07) is 0. The lowest BCUT2D eigenvalue weighted by molar-refractivity contribution is -0.116. The highest BCUT2D eigenvalue weighted by molar-refractivity contribution is 5.91. The van der Waals surface area contributed by atoms with Gasteiger partial charge in [0.25, 0.3) is 0 Å². The van der Waals surface area contributed by atoms with Crippen molar-refractivity contribution in [3.8, 4) is 0 Å². The minimum Gasteiger partial charge on any atom is -0.295 e. The van der Waals surface area contributed by atoms with E-state index in [0.717, 1.165) is 36.5 Å². The maximum Gasteiger partial charge on any atom is 0.155 e. The molecule has 0 aromatic heterocycles. The van der Waals surface area contributed by atoms with Crippen LogP contribution in [0.1, 0.15) is 71.1 Å². The molecule has 0 saturated heterocycles. The van der Waals surface area contributed by atoms with Gasteiger partial charge in [0, 0.05) is 6.42 Å². The van der Waals surface area contributed by atoms with E-state index in [1.165, 1.54) is 56.9 Å². The lowest BCUT2D eigenvalue weighted by Gasteiger charge is -2.53. The van der Waals surface area contributed by atoms with E-state index < -0.39 is 0 Å². The first kappa shape index (κ1) is 13.1. The second-order valence-electron chi connectivity index (χ2n) is 7.95. The number of hydrogen-bond acceptors (Lipinski definition) is 1. The zero-order chi connectivity index (χ0) is 13.7. The third-order valence-corrected chi connectivity index (χ3v) is 7.53. The zero-order valence-electron chi connectivity index (χ0n) is 12.9. The molecule has 4 aliphatic carbocycles. The summed E-state index contributed by atoms with van der Waals surface area (Å²) in [5.41, 5.74) is 2.25. The Bertz CT molecular complexity index is 449.